The van der Waals surface area contributed by atoms with E-state index in [1.165, 1.54) is 4.70 Å². The van der Waals surface area contributed by atoms with Crippen LogP contribution in [0.4, 0.5) is 0 Å². The van der Waals surface area contributed by atoms with Gasteiger partial charge in [0.25, 0.3) is 0 Å². The van der Waals surface area contributed by atoms with Gasteiger partial charge in [0.1, 0.15) is 16.8 Å². The first kappa shape index (κ1) is 35.8. The van der Waals surface area contributed by atoms with E-state index in [1.807, 2.05) is 84.9 Å². The first-order valence-corrected chi connectivity index (χ1v) is 21.3. The van der Waals surface area contributed by atoms with E-state index in [0.717, 1.165) is 87.7 Å². The molecule has 12 rings (SSSR count). The molecule has 0 atom stereocenters. The Morgan fingerprint density at radius 3 is 1.65 bits per heavy atom. The van der Waals surface area contributed by atoms with Crippen LogP contribution in [0.1, 0.15) is 0 Å². The van der Waals surface area contributed by atoms with Crippen LogP contribution in [-0.2, 0) is 0 Å². The Hall–Kier alpha value is -8.13. The van der Waals surface area contributed by atoms with Crippen molar-refractivity contribution in [2.75, 3.05) is 0 Å². The van der Waals surface area contributed by atoms with Crippen LogP contribution in [-0.4, -0.2) is 24.9 Å². The van der Waals surface area contributed by atoms with Crippen molar-refractivity contribution in [3.05, 3.63) is 200 Å². The first-order chi connectivity index (χ1) is 30.7. The van der Waals surface area contributed by atoms with E-state index in [-0.39, 0.29) is 0 Å². The number of benzene rings is 8. The summed E-state index contributed by atoms with van der Waals surface area (Å²) < 4.78 is 8.85. The highest BCUT2D eigenvalue weighted by Crippen LogP contribution is 2.44. The zero-order valence-electron chi connectivity index (χ0n) is 33.1. The minimum atomic E-state index is 0.634. The lowest BCUT2D eigenvalue weighted by atomic mass is 9.98. The van der Waals surface area contributed by atoms with Gasteiger partial charge in [-0.25, -0.2) is 24.9 Å². The molecule has 0 amide bonds. The van der Waals surface area contributed by atoms with Gasteiger partial charge in [-0.05, 0) is 52.6 Å². The van der Waals surface area contributed by atoms with E-state index < -0.39 is 0 Å². The molecule has 62 heavy (non-hydrogen) atoms. The quantitative estimate of drug-likeness (QED) is 0.160. The van der Waals surface area contributed by atoms with E-state index in [0.29, 0.717) is 28.9 Å². The lowest BCUT2D eigenvalue weighted by Crippen LogP contribution is -2.00. The molecular weight excluding hydrogens is 779 g/mol. The Balaban J connectivity index is 1.00. The van der Waals surface area contributed by atoms with Gasteiger partial charge in [0, 0.05) is 53.4 Å². The summed E-state index contributed by atoms with van der Waals surface area (Å²) in [7, 11) is 0. The predicted molar refractivity (Wildman–Crippen MR) is 254 cm³/mol. The average Bonchev–Trinajstić information content (AvgIpc) is 3.93. The number of hydrogen-bond acceptors (Lipinski definition) is 7. The summed E-state index contributed by atoms with van der Waals surface area (Å²) in [6, 6.07) is 68.7. The molecule has 0 unspecified atom stereocenters. The molecule has 6 nitrogen and oxygen atoms in total. The number of thiophene rings is 1. The Kier molecular flexibility index (Phi) is 8.57. The van der Waals surface area contributed by atoms with Crippen LogP contribution in [0, 0.1) is 0 Å². The summed E-state index contributed by atoms with van der Waals surface area (Å²) in [6.45, 7) is 0. The number of rotatable bonds is 7. The van der Waals surface area contributed by atoms with E-state index in [9.17, 15) is 0 Å². The fourth-order valence-corrected chi connectivity index (χ4v) is 9.67. The minimum absolute atomic E-state index is 0.634. The number of aromatic nitrogens is 5. The van der Waals surface area contributed by atoms with Crippen molar-refractivity contribution >= 4 is 53.6 Å². The van der Waals surface area contributed by atoms with Crippen molar-refractivity contribution in [1.82, 2.24) is 24.9 Å². The molecule has 4 aromatic heterocycles. The van der Waals surface area contributed by atoms with Crippen LogP contribution in [0.25, 0.3) is 121 Å². The molecule has 0 N–H and O–H groups in total. The summed E-state index contributed by atoms with van der Waals surface area (Å²) in [4.78, 5) is 25.7. The fraction of sp³-hybridized carbons (Fsp3) is 0. The fourth-order valence-electron chi connectivity index (χ4n) is 8.41. The van der Waals surface area contributed by atoms with Crippen molar-refractivity contribution in [3.63, 3.8) is 0 Å². The van der Waals surface area contributed by atoms with Gasteiger partial charge in [-0.2, -0.15) is 0 Å². The topological polar surface area (TPSA) is 77.6 Å². The predicted octanol–water partition coefficient (Wildman–Crippen LogP) is 14.6. The van der Waals surface area contributed by atoms with Crippen molar-refractivity contribution < 1.29 is 4.42 Å². The third-order valence-corrected chi connectivity index (χ3v) is 12.6. The normalized spacial score (nSPS) is 11.5. The number of fused-ring (bicyclic) bond motifs is 6. The second-order valence-electron chi connectivity index (χ2n) is 15.2. The van der Waals surface area contributed by atoms with Gasteiger partial charge < -0.3 is 4.42 Å². The molecule has 0 saturated heterocycles. The van der Waals surface area contributed by atoms with Crippen LogP contribution < -0.4 is 0 Å². The summed E-state index contributed by atoms with van der Waals surface area (Å²) in [6.07, 6.45) is 0. The third kappa shape index (κ3) is 6.22. The molecule has 0 saturated carbocycles. The Morgan fingerprint density at radius 1 is 0.355 bits per heavy atom. The summed E-state index contributed by atoms with van der Waals surface area (Å²) in [5, 5.41) is 3.23. The van der Waals surface area contributed by atoms with Gasteiger partial charge in [-0.1, -0.05) is 170 Å². The molecular formula is C55H33N5OS. The van der Waals surface area contributed by atoms with E-state index in [4.69, 9.17) is 29.3 Å². The average molecular weight is 812 g/mol. The van der Waals surface area contributed by atoms with Gasteiger partial charge in [0.2, 0.25) is 0 Å². The Bertz CT molecular complexity index is 3580. The lowest BCUT2D eigenvalue weighted by molar-refractivity contribution is 0.667. The summed E-state index contributed by atoms with van der Waals surface area (Å²) >= 11 is 1.78. The third-order valence-electron chi connectivity index (χ3n) is 11.4. The molecule has 0 radical (unpaired) electrons. The standard InChI is InChI=1S/C55H33N5OS/c1-4-16-34(17-5-1)37-22-12-24-39(32-37)48-50-49(42-26-10-11-30-45(42)61-50)57-54(56-48)40-25-13-23-38(33-40)41-27-14-28-43-47-44(29-15-31-46(47)62-51(41)43)55-59-52(35-18-6-2-7-19-35)58-53(60-55)36-20-8-3-9-21-36/h1-33H. The smallest absolute Gasteiger partial charge is 0.180 e. The van der Waals surface area contributed by atoms with Crippen LogP contribution in [0.15, 0.2) is 205 Å². The van der Waals surface area contributed by atoms with Crippen molar-refractivity contribution in [2.45, 2.75) is 0 Å². The molecule has 7 heteroatoms. The highest BCUT2D eigenvalue weighted by molar-refractivity contribution is 7.26. The monoisotopic (exact) mass is 811 g/mol. The molecule has 290 valence electrons. The van der Waals surface area contributed by atoms with Gasteiger partial charge in [0.15, 0.2) is 28.9 Å². The molecule has 8 aromatic carbocycles. The number of hydrogen-bond donors (Lipinski definition) is 0. The van der Waals surface area contributed by atoms with Crippen molar-refractivity contribution in [3.8, 4) is 79.1 Å². The lowest BCUT2D eigenvalue weighted by Gasteiger charge is -2.10. The minimum Gasteiger partial charge on any atom is -0.452 e. The molecule has 0 spiro atoms. The second-order valence-corrected chi connectivity index (χ2v) is 16.3. The largest absolute Gasteiger partial charge is 0.452 e. The van der Waals surface area contributed by atoms with Gasteiger partial charge in [-0.15, -0.1) is 11.3 Å². The maximum Gasteiger partial charge on any atom is 0.180 e. The molecule has 0 bridgehead atoms. The van der Waals surface area contributed by atoms with E-state index >= 15 is 0 Å². The number of furan rings is 1. The Labute approximate surface area is 360 Å². The molecule has 12 aromatic rings. The number of nitrogens with zero attached hydrogens (tertiary/aromatic N) is 5. The first-order valence-electron chi connectivity index (χ1n) is 20.5. The Morgan fingerprint density at radius 2 is 0.887 bits per heavy atom. The van der Waals surface area contributed by atoms with Crippen LogP contribution in [0.3, 0.4) is 0 Å². The van der Waals surface area contributed by atoms with Crippen LogP contribution in [0.2, 0.25) is 0 Å². The van der Waals surface area contributed by atoms with Crippen molar-refractivity contribution in [2.24, 2.45) is 0 Å². The maximum atomic E-state index is 6.51. The van der Waals surface area contributed by atoms with Crippen molar-refractivity contribution in [1.29, 1.82) is 0 Å². The second kappa shape index (κ2) is 14.9. The van der Waals surface area contributed by atoms with E-state index in [1.54, 1.807) is 11.3 Å². The zero-order chi connectivity index (χ0) is 41.0. The highest BCUT2D eigenvalue weighted by Gasteiger charge is 2.21. The highest BCUT2D eigenvalue weighted by atomic mass is 32.1. The van der Waals surface area contributed by atoms with Gasteiger partial charge in [-0.3, -0.25) is 0 Å². The van der Waals surface area contributed by atoms with Crippen LogP contribution in [0.5, 0.6) is 0 Å². The van der Waals surface area contributed by atoms with Gasteiger partial charge in [0.05, 0.1) is 0 Å². The van der Waals surface area contributed by atoms with Crippen LogP contribution >= 0.6 is 11.3 Å². The zero-order valence-corrected chi connectivity index (χ0v) is 33.9. The SMILES string of the molecule is c1ccc(-c2cccc(-c3nc(-c4cccc(-c5cccc6c5sc5cccc(-c7nc(-c8ccccc8)nc(-c8ccccc8)n7)c56)c4)nc4c3oc3ccccc34)c2)cc1. The molecule has 0 aliphatic rings. The van der Waals surface area contributed by atoms with E-state index in [2.05, 4.69) is 115 Å². The maximum absolute atomic E-state index is 6.51. The summed E-state index contributed by atoms with van der Waals surface area (Å²) in [5.74, 6) is 2.55. The van der Waals surface area contributed by atoms with Gasteiger partial charge >= 0.3 is 0 Å². The molecule has 0 aliphatic carbocycles. The number of para-hydroxylation sites is 1. The molecule has 4 heterocycles. The molecule has 0 aliphatic heterocycles. The molecule has 0 fully saturated rings. The summed E-state index contributed by atoms with van der Waals surface area (Å²) in [5.41, 5.74) is 12.2.